The molecule has 0 bridgehead atoms. The lowest BCUT2D eigenvalue weighted by atomic mass is 9.85. The highest BCUT2D eigenvalue weighted by Crippen LogP contribution is 2.55. The molecule has 16 aromatic rings. The fourth-order valence-electron chi connectivity index (χ4n) is 13.1. The van der Waals surface area contributed by atoms with Gasteiger partial charge >= 0.3 is 0 Å². The summed E-state index contributed by atoms with van der Waals surface area (Å²) in [6.07, 6.45) is 0. The van der Waals surface area contributed by atoms with Crippen LogP contribution in [-0.4, -0.2) is 0 Å². The molecule has 0 spiro atoms. The molecule has 0 saturated carbocycles. The Morgan fingerprint density at radius 1 is 0.153 bits per heavy atom. The smallest absolute Gasteiger partial charge is 0.000740 e. The molecule has 0 aromatic heterocycles. The Morgan fingerprint density at radius 3 is 1.24 bits per heavy atom. The standard InChI is InChI=1S/C72H42/c1-5-18-43(19-6-1)51-26-13-14-28-53(51)49-38-48-33-32-47-34-35-57-60-41-63-64(42-61(60)62-40-50(39-49)65(48)68(47)70(57)62)66(45-22-9-3-10-23-45)71-58-31-17-30-56-55(54-29-16-15-27-52(54)44-20-7-2-8-21-44)36-37-59(69(56)58)72(71)67(63)46-24-11-4-12-25-46/h1-42H. The van der Waals surface area contributed by atoms with Gasteiger partial charge in [-0.1, -0.05) is 224 Å². The van der Waals surface area contributed by atoms with Crippen molar-refractivity contribution in [3.05, 3.63) is 255 Å². The van der Waals surface area contributed by atoms with Gasteiger partial charge in [0, 0.05) is 0 Å². The van der Waals surface area contributed by atoms with Gasteiger partial charge in [-0.2, -0.15) is 0 Å². The molecular weight excluding hydrogens is 865 g/mol. The van der Waals surface area contributed by atoms with Crippen molar-refractivity contribution in [3.8, 4) is 66.8 Å². The van der Waals surface area contributed by atoms with Crippen LogP contribution in [0.1, 0.15) is 0 Å². The van der Waals surface area contributed by atoms with Gasteiger partial charge in [0.2, 0.25) is 0 Å². The van der Waals surface area contributed by atoms with Crippen LogP contribution in [-0.2, 0) is 0 Å². The average Bonchev–Trinajstić information content (AvgIpc) is 3.95. The van der Waals surface area contributed by atoms with E-state index in [2.05, 4.69) is 255 Å². The molecule has 0 heterocycles. The number of fused-ring (bicyclic) bond motifs is 7. The molecule has 0 N–H and O–H groups in total. The topological polar surface area (TPSA) is 0 Å². The average molecular weight is 907 g/mol. The summed E-state index contributed by atoms with van der Waals surface area (Å²) in [5, 5.41) is 23.5. The predicted octanol–water partition coefficient (Wildman–Crippen LogP) is 20.4. The van der Waals surface area contributed by atoms with Gasteiger partial charge in [0.15, 0.2) is 0 Å². The van der Waals surface area contributed by atoms with E-state index in [9.17, 15) is 0 Å². The van der Waals surface area contributed by atoms with Crippen molar-refractivity contribution in [2.75, 3.05) is 0 Å². The van der Waals surface area contributed by atoms with Crippen molar-refractivity contribution in [2.24, 2.45) is 0 Å². The summed E-state index contributed by atoms with van der Waals surface area (Å²) in [4.78, 5) is 0. The molecule has 0 unspecified atom stereocenters. The Hall–Kier alpha value is -9.36. The van der Waals surface area contributed by atoms with E-state index in [-0.39, 0.29) is 0 Å². The van der Waals surface area contributed by atoms with Crippen LogP contribution in [0.15, 0.2) is 255 Å². The fraction of sp³-hybridized carbons (Fsp3) is 0. The first kappa shape index (κ1) is 39.5. The predicted molar refractivity (Wildman–Crippen MR) is 310 cm³/mol. The molecule has 16 aromatic carbocycles. The van der Waals surface area contributed by atoms with Crippen LogP contribution in [0, 0.1) is 0 Å². The molecule has 330 valence electrons. The monoisotopic (exact) mass is 906 g/mol. The zero-order valence-electron chi connectivity index (χ0n) is 39.2. The van der Waals surface area contributed by atoms with Crippen molar-refractivity contribution in [2.45, 2.75) is 0 Å². The molecule has 0 saturated heterocycles. The Kier molecular flexibility index (Phi) is 8.26. The maximum atomic E-state index is 2.57. The van der Waals surface area contributed by atoms with Crippen LogP contribution < -0.4 is 0 Å². The number of rotatable bonds is 6. The van der Waals surface area contributed by atoms with E-state index in [4.69, 9.17) is 0 Å². The highest BCUT2D eigenvalue weighted by atomic mass is 14.3. The van der Waals surface area contributed by atoms with E-state index in [0.29, 0.717) is 0 Å². The van der Waals surface area contributed by atoms with Crippen LogP contribution >= 0.6 is 0 Å². The molecule has 0 aliphatic rings. The Morgan fingerprint density at radius 2 is 0.611 bits per heavy atom. The van der Waals surface area contributed by atoms with Gasteiger partial charge in [0.25, 0.3) is 0 Å². The molecule has 72 heavy (non-hydrogen) atoms. The Labute approximate surface area is 416 Å². The Balaban J connectivity index is 1.05. The van der Waals surface area contributed by atoms with Crippen molar-refractivity contribution in [1.29, 1.82) is 0 Å². The van der Waals surface area contributed by atoms with Crippen molar-refractivity contribution < 1.29 is 0 Å². The minimum atomic E-state index is 1.22. The second kappa shape index (κ2) is 15.1. The third kappa shape index (κ3) is 5.52. The van der Waals surface area contributed by atoms with Gasteiger partial charge in [-0.25, -0.2) is 0 Å². The minimum Gasteiger partial charge on any atom is -0.0622 e. The van der Waals surface area contributed by atoms with E-state index in [1.54, 1.807) is 0 Å². The van der Waals surface area contributed by atoms with Crippen LogP contribution in [0.2, 0.25) is 0 Å². The van der Waals surface area contributed by atoms with Gasteiger partial charge in [0.1, 0.15) is 0 Å². The molecule has 0 atom stereocenters. The molecule has 0 radical (unpaired) electrons. The lowest BCUT2D eigenvalue weighted by molar-refractivity contribution is 1.60. The van der Waals surface area contributed by atoms with Crippen LogP contribution in [0.3, 0.4) is 0 Å². The number of benzene rings is 14. The zero-order chi connectivity index (χ0) is 47.0. The quantitative estimate of drug-likeness (QED) is 0.146. The van der Waals surface area contributed by atoms with Crippen LogP contribution in [0.25, 0.3) is 164 Å². The highest BCUT2D eigenvalue weighted by Gasteiger charge is 2.27. The van der Waals surface area contributed by atoms with Gasteiger partial charge in [-0.15, -0.1) is 0 Å². The third-order valence-electron chi connectivity index (χ3n) is 16.1. The van der Waals surface area contributed by atoms with Gasteiger partial charge in [0.05, 0.1) is 0 Å². The first-order valence-corrected chi connectivity index (χ1v) is 25.2. The lowest BCUT2D eigenvalue weighted by Crippen LogP contribution is -1.90. The van der Waals surface area contributed by atoms with Gasteiger partial charge < -0.3 is 0 Å². The second-order valence-corrected chi connectivity index (χ2v) is 19.8. The minimum absolute atomic E-state index is 1.22. The molecule has 0 aliphatic carbocycles. The molecule has 16 rings (SSSR count). The van der Waals surface area contributed by atoms with Gasteiger partial charge in [-0.05, 0) is 194 Å². The molecule has 0 nitrogen and oxygen atoms in total. The Bertz CT molecular complexity index is 4800. The zero-order valence-corrected chi connectivity index (χ0v) is 39.2. The first-order chi connectivity index (χ1) is 35.7. The van der Waals surface area contributed by atoms with E-state index < -0.39 is 0 Å². The molecule has 0 heteroatoms. The highest BCUT2D eigenvalue weighted by molar-refractivity contribution is 6.44. The lowest BCUT2D eigenvalue weighted by Gasteiger charge is -2.17. The van der Waals surface area contributed by atoms with Crippen molar-refractivity contribution >= 4 is 97.0 Å². The maximum Gasteiger partial charge on any atom is -0.000740 e. The number of hydrogen-bond donors (Lipinski definition) is 0. The molecular formula is C72H42. The molecule has 0 fully saturated rings. The number of hydrogen-bond acceptors (Lipinski definition) is 0. The third-order valence-corrected chi connectivity index (χ3v) is 16.1. The largest absolute Gasteiger partial charge is 0.0622 e. The summed E-state index contributed by atoms with van der Waals surface area (Å²) in [5.41, 5.74) is 15.0. The van der Waals surface area contributed by atoms with Crippen LogP contribution in [0.5, 0.6) is 0 Å². The van der Waals surface area contributed by atoms with Gasteiger partial charge in [-0.3, -0.25) is 0 Å². The van der Waals surface area contributed by atoms with E-state index >= 15 is 0 Å². The van der Waals surface area contributed by atoms with Crippen molar-refractivity contribution in [3.63, 3.8) is 0 Å². The summed E-state index contributed by atoms with van der Waals surface area (Å²) in [6.45, 7) is 0. The van der Waals surface area contributed by atoms with Crippen molar-refractivity contribution in [1.82, 2.24) is 0 Å². The fourth-order valence-corrected chi connectivity index (χ4v) is 13.1. The molecule has 0 aliphatic heterocycles. The second-order valence-electron chi connectivity index (χ2n) is 19.8. The van der Waals surface area contributed by atoms with E-state index in [1.807, 2.05) is 0 Å². The molecule has 0 amide bonds. The first-order valence-electron chi connectivity index (χ1n) is 25.2. The summed E-state index contributed by atoms with van der Waals surface area (Å²) in [6, 6.07) is 95.5. The normalized spacial score (nSPS) is 12.2. The summed E-state index contributed by atoms with van der Waals surface area (Å²) in [7, 11) is 0. The summed E-state index contributed by atoms with van der Waals surface area (Å²) in [5.74, 6) is 0. The summed E-state index contributed by atoms with van der Waals surface area (Å²) < 4.78 is 0. The SMILES string of the molecule is c1ccc(-c2ccccc2-c2cc3ccc4ccc5c6cc7c(-c8ccccc8)c8c9ccc(-c%10ccccc%10-c%10ccccc%10)c%10cccc(c8c(-c8ccccc8)c7cc6c6cc(c2)c3c4c56)c%109)cc1. The van der Waals surface area contributed by atoms with E-state index in [1.165, 1.54) is 164 Å². The maximum absolute atomic E-state index is 2.57. The van der Waals surface area contributed by atoms with E-state index in [0.717, 1.165) is 0 Å². The van der Waals surface area contributed by atoms with Crippen LogP contribution in [0.4, 0.5) is 0 Å². The summed E-state index contributed by atoms with van der Waals surface area (Å²) >= 11 is 0.